The van der Waals surface area contributed by atoms with Crippen LogP contribution in [0.2, 0.25) is 0 Å². The zero-order valence-corrected chi connectivity index (χ0v) is 10.2. The summed E-state index contributed by atoms with van der Waals surface area (Å²) in [5.74, 6) is 0.0968. The van der Waals surface area contributed by atoms with Gasteiger partial charge in [0.1, 0.15) is 4.90 Å². The summed E-state index contributed by atoms with van der Waals surface area (Å²) in [5, 5.41) is 4.98. The monoisotopic (exact) mass is 243 g/mol. The van der Waals surface area contributed by atoms with Crippen molar-refractivity contribution in [1.82, 2.24) is 4.98 Å². The van der Waals surface area contributed by atoms with Crippen molar-refractivity contribution in [3.05, 3.63) is 24.0 Å². The highest BCUT2D eigenvalue weighted by molar-refractivity contribution is 7.89. The first kappa shape index (κ1) is 13.1. The number of rotatable bonds is 4. The molecule has 0 aliphatic rings. The summed E-state index contributed by atoms with van der Waals surface area (Å²) in [7, 11) is -3.66. The van der Waals surface area contributed by atoms with Crippen molar-refractivity contribution < 1.29 is 8.42 Å². The number of sulfonamides is 1. The van der Waals surface area contributed by atoms with Crippen LogP contribution in [0.15, 0.2) is 23.2 Å². The van der Waals surface area contributed by atoms with Crippen LogP contribution in [0, 0.1) is 0 Å². The van der Waals surface area contributed by atoms with E-state index in [1.54, 1.807) is 6.07 Å². The molecule has 1 aromatic rings. The van der Waals surface area contributed by atoms with Crippen molar-refractivity contribution in [2.24, 2.45) is 10.9 Å². The van der Waals surface area contributed by atoms with E-state index in [-0.39, 0.29) is 16.9 Å². The Morgan fingerprint density at radius 3 is 2.44 bits per heavy atom. The van der Waals surface area contributed by atoms with Gasteiger partial charge in [-0.2, -0.15) is 0 Å². The summed E-state index contributed by atoms with van der Waals surface area (Å²) >= 11 is 0. The molecule has 0 saturated carbocycles. The smallest absolute Gasteiger partial charge is 0.239 e. The number of aromatic nitrogens is 1. The van der Waals surface area contributed by atoms with Crippen LogP contribution >= 0.6 is 0 Å². The Labute approximate surface area is 95.9 Å². The van der Waals surface area contributed by atoms with Crippen molar-refractivity contribution in [2.45, 2.75) is 37.1 Å². The maximum atomic E-state index is 11.0. The second kappa shape index (κ2) is 4.90. The largest absolute Gasteiger partial charge is 0.327 e. The third-order valence-electron chi connectivity index (χ3n) is 2.67. The second-order valence-corrected chi connectivity index (χ2v) is 5.39. The highest BCUT2D eigenvalue weighted by atomic mass is 32.2. The van der Waals surface area contributed by atoms with E-state index in [4.69, 9.17) is 10.9 Å². The highest BCUT2D eigenvalue weighted by Crippen LogP contribution is 2.18. The normalized spacial score (nSPS) is 15.8. The van der Waals surface area contributed by atoms with Crippen molar-refractivity contribution >= 4 is 10.0 Å². The van der Waals surface area contributed by atoms with Gasteiger partial charge < -0.3 is 5.73 Å². The molecule has 0 amide bonds. The predicted octanol–water partition coefficient (Wildman–Crippen LogP) is 0.570. The Morgan fingerprint density at radius 2 is 2.06 bits per heavy atom. The molecule has 1 heterocycles. The van der Waals surface area contributed by atoms with Crippen LogP contribution in [0.5, 0.6) is 0 Å². The Balaban J connectivity index is 2.96. The topological polar surface area (TPSA) is 99.1 Å². The minimum absolute atomic E-state index is 0.0211. The summed E-state index contributed by atoms with van der Waals surface area (Å²) in [6, 6.07) is 3.13. The van der Waals surface area contributed by atoms with E-state index in [2.05, 4.69) is 4.98 Å². The first-order chi connectivity index (χ1) is 7.36. The number of hydrogen-bond donors (Lipinski definition) is 2. The molecular weight excluding hydrogens is 226 g/mol. The SMILES string of the molecule is CCC(N)C(C)c1ccc(S(N)(=O)=O)cn1. The van der Waals surface area contributed by atoms with E-state index in [1.807, 2.05) is 13.8 Å². The third-order valence-corrected chi connectivity index (χ3v) is 3.57. The lowest BCUT2D eigenvalue weighted by atomic mass is 9.97. The molecule has 0 aromatic carbocycles. The Morgan fingerprint density at radius 1 is 1.44 bits per heavy atom. The summed E-state index contributed by atoms with van der Waals surface area (Å²) in [5.41, 5.74) is 6.67. The number of hydrogen-bond acceptors (Lipinski definition) is 4. The van der Waals surface area contributed by atoms with Gasteiger partial charge in [0, 0.05) is 23.9 Å². The molecule has 0 aliphatic carbocycles. The molecule has 6 heteroatoms. The van der Waals surface area contributed by atoms with E-state index >= 15 is 0 Å². The van der Waals surface area contributed by atoms with Crippen LogP contribution in [-0.2, 0) is 10.0 Å². The van der Waals surface area contributed by atoms with Gasteiger partial charge in [0.15, 0.2) is 0 Å². The fourth-order valence-electron chi connectivity index (χ4n) is 1.40. The van der Waals surface area contributed by atoms with Crippen molar-refractivity contribution in [2.75, 3.05) is 0 Å². The molecule has 1 rings (SSSR count). The van der Waals surface area contributed by atoms with Gasteiger partial charge in [0.2, 0.25) is 10.0 Å². The summed E-state index contributed by atoms with van der Waals surface area (Å²) in [6.07, 6.45) is 2.11. The van der Waals surface area contributed by atoms with Gasteiger partial charge in [-0.05, 0) is 18.6 Å². The molecule has 4 N–H and O–H groups in total. The van der Waals surface area contributed by atoms with Crippen molar-refractivity contribution in [1.29, 1.82) is 0 Å². The molecule has 0 bridgehead atoms. The zero-order valence-electron chi connectivity index (χ0n) is 9.42. The molecule has 0 aliphatic heterocycles. The second-order valence-electron chi connectivity index (χ2n) is 3.82. The lowest BCUT2D eigenvalue weighted by Crippen LogP contribution is -2.26. The van der Waals surface area contributed by atoms with Gasteiger partial charge in [0.05, 0.1) is 0 Å². The van der Waals surface area contributed by atoms with E-state index in [0.29, 0.717) is 0 Å². The lowest BCUT2D eigenvalue weighted by molar-refractivity contribution is 0.540. The van der Waals surface area contributed by atoms with E-state index in [0.717, 1.165) is 12.1 Å². The lowest BCUT2D eigenvalue weighted by Gasteiger charge is -2.17. The molecule has 90 valence electrons. The molecule has 0 spiro atoms. The van der Waals surface area contributed by atoms with Crippen molar-refractivity contribution in [3.8, 4) is 0 Å². The Hall–Kier alpha value is -0.980. The minimum Gasteiger partial charge on any atom is -0.327 e. The maximum Gasteiger partial charge on any atom is 0.239 e. The van der Waals surface area contributed by atoms with Crippen LogP contribution in [0.4, 0.5) is 0 Å². The molecule has 16 heavy (non-hydrogen) atoms. The first-order valence-corrected chi connectivity index (χ1v) is 6.65. The maximum absolute atomic E-state index is 11.0. The van der Waals surface area contributed by atoms with E-state index in [1.165, 1.54) is 12.3 Å². The average molecular weight is 243 g/mol. The molecule has 0 saturated heterocycles. The van der Waals surface area contributed by atoms with E-state index in [9.17, 15) is 8.42 Å². The fourth-order valence-corrected chi connectivity index (χ4v) is 1.86. The van der Waals surface area contributed by atoms with Crippen LogP contribution in [0.1, 0.15) is 31.9 Å². The number of nitrogens with zero attached hydrogens (tertiary/aromatic N) is 1. The summed E-state index contributed by atoms with van der Waals surface area (Å²) in [4.78, 5) is 4.10. The van der Waals surface area contributed by atoms with Crippen molar-refractivity contribution in [3.63, 3.8) is 0 Å². The fraction of sp³-hybridized carbons (Fsp3) is 0.500. The number of primary sulfonamides is 1. The standard InChI is InChI=1S/C10H17N3O2S/c1-3-9(11)7(2)10-5-4-8(6-13-10)16(12,14)15/h4-7,9H,3,11H2,1-2H3,(H2,12,14,15). The summed E-state index contributed by atoms with van der Waals surface area (Å²) < 4.78 is 22.0. The molecular formula is C10H17N3O2S. The molecule has 5 nitrogen and oxygen atoms in total. The number of nitrogens with two attached hydrogens (primary N) is 2. The predicted molar refractivity (Wildman–Crippen MR) is 62.3 cm³/mol. The van der Waals surface area contributed by atoms with E-state index < -0.39 is 10.0 Å². The van der Waals surface area contributed by atoms with Crippen LogP contribution in [0.25, 0.3) is 0 Å². The van der Waals surface area contributed by atoms with Crippen LogP contribution < -0.4 is 10.9 Å². The van der Waals surface area contributed by atoms with Crippen LogP contribution in [-0.4, -0.2) is 19.4 Å². The third kappa shape index (κ3) is 3.01. The Bertz CT molecular complexity index is 442. The average Bonchev–Trinajstić information content (AvgIpc) is 2.26. The van der Waals surface area contributed by atoms with Gasteiger partial charge >= 0.3 is 0 Å². The first-order valence-electron chi connectivity index (χ1n) is 5.10. The Kier molecular flexibility index (Phi) is 4.01. The molecule has 0 fully saturated rings. The molecule has 2 unspecified atom stereocenters. The van der Waals surface area contributed by atoms with Gasteiger partial charge in [-0.3, -0.25) is 4.98 Å². The van der Waals surface area contributed by atoms with Gasteiger partial charge in [-0.15, -0.1) is 0 Å². The van der Waals surface area contributed by atoms with Gasteiger partial charge in [0.25, 0.3) is 0 Å². The molecule has 2 atom stereocenters. The molecule has 0 radical (unpaired) electrons. The minimum atomic E-state index is -3.66. The zero-order chi connectivity index (χ0) is 12.3. The summed E-state index contributed by atoms with van der Waals surface area (Å²) in [6.45, 7) is 3.97. The quantitative estimate of drug-likeness (QED) is 0.807. The van der Waals surface area contributed by atoms with Gasteiger partial charge in [-0.25, -0.2) is 13.6 Å². The highest BCUT2D eigenvalue weighted by Gasteiger charge is 2.15. The van der Waals surface area contributed by atoms with Crippen LogP contribution in [0.3, 0.4) is 0 Å². The number of pyridine rings is 1. The van der Waals surface area contributed by atoms with Gasteiger partial charge in [-0.1, -0.05) is 13.8 Å². The molecule has 1 aromatic heterocycles.